The zero-order chi connectivity index (χ0) is 22.8. The largest absolute Gasteiger partial charge is 0.433 e. The summed E-state index contributed by atoms with van der Waals surface area (Å²) in [5.41, 5.74) is -3.24. The van der Waals surface area contributed by atoms with Gasteiger partial charge in [0.25, 0.3) is 0 Å². The van der Waals surface area contributed by atoms with Crippen molar-refractivity contribution in [3.05, 3.63) is 59.3 Å². The zero-order valence-corrected chi connectivity index (χ0v) is 16.2. The van der Waals surface area contributed by atoms with Crippen LogP contribution in [0, 0.1) is 11.7 Å². The second-order valence-corrected chi connectivity index (χ2v) is 7.34. The number of alkyl halides is 6. The highest BCUT2D eigenvalue weighted by Crippen LogP contribution is 2.37. The van der Waals surface area contributed by atoms with Gasteiger partial charge in [-0.1, -0.05) is 13.0 Å². The molecule has 2 aromatic rings. The van der Waals surface area contributed by atoms with Crippen molar-refractivity contribution in [1.82, 2.24) is 15.3 Å². The standard InChI is InChI=1S/C20H19F7N4/c1-11(28-9-12-3-2-4-12)7-13-10-29-18(31-17(13)20(25,26)27)30-16-6-5-14(21)8-15(16)19(22,23)24/h5-6,8,10,12,28H,1-4,7,9H2,(H,29,30,31). The third-order valence-electron chi connectivity index (χ3n) is 4.94. The van der Waals surface area contributed by atoms with E-state index < -0.39 is 41.1 Å². The number of nitrogens with one attached hydrogen (secondary N) is 2. The fourth-order valence-electron chi connectivity index (χ4n) is 3.10. The normalized spacial score (nSPS) is 14.8. The van der Waals surface area contributed by atoms with E-state index >= 15 is 0 Å². The number of rotatable bonds is 7. The molecule has 1 aliphatic carbocycles. The second kappa shape index (κ2) is 8.72. The van der Waals surface area contributed by atoms with Gasteiger partial charge in [0.05, 0.1) is 11.3 Å². The molecular formula is C20H19F7N4. The quantitative estimate of drug-likeness (QED) is 0.523. The summed E-state index contributed by atoms with van der Waals surface area (Å²) in [4.78, 5) is 7.10. The molecule has 31 heavy (non-hydrogen) atoms. The molecule has 0 saturated heterocycles. The van der Waals surface area contributed by atoms with E-state index in [1.807, 2.05) is 0 Å². The van der Waals surface area contributed by atoms with Crippen molar-refractivity contribution >= 4 is 11.6 Å². The minimum atomic E-state index is -4.93. The molecule has 0 bridgehead atoms. The van der Waals surface area contributed by atoms with Gasteiger partial charge in [-0.05, 0) is 37.0 Å². The van der Waals surface area contributed by atoms with E-state index in [0.717, 1.165) is 37.6 Å². The smallest absolute Gasteiger partial charge is 0.388 e. The predicted octanol–water partition coefficient (Wildman–Crippen LogP) is 5.84. The van der Waals surface area contributed by atoms with Gasteiger partial charge in [0.2, 0.25) is 5.95 Å². The highest BCUT2D eigenvalue weighted by atomic mass is 19.4. The molecule has 168 valence electrons. The molecule has 1 saturated carbocycles. The first kappa shape index (κ1) is 22.8. The van der Waals surface area contributed by atoms with Crippen LogP contribution in [0.1, 0.15) is 36.1 Å². The Morgan fingerprint density at radius 2 is 1.81 bits per heavy atom. The predicted molar refractivity (Wildman–Crippen MR) is 99.9 cm³/mol. The molecule has 11 heteroatoms. The summed E-state index contributed by atoms with van der Waals surface area (Å²) in [6.07, 6.45) is -5.85. The number of anilines is 2. The van der Waals surface area contributed by atoms with E-state index in [1.54, 1.807) is 0 Å². The average molecular weight is 448 g/mol. The number of allylic oxidation sites excluding steroid dienone is 1. The van der Waals surface area contributed by atoms with E-state index in [-0.39, 0.29) is 18.1 Å². The first-order chi connectivity index (χ1) is 14.4. The molecule has 1 fully saturated rings. The SMILES string of the molecule is C=C(Cc1cnc(Nc2ccc(F)cc2C(F)(F)F)nc1C(F)(F)F)NCC1CCC1. The van der Waals surface area contributed by atoms with Crippen LogP contribution in [0.3, 0.4) is 0 Å². The van der Waals surface area contributed by atoms with Crippen LogP contribution in [0.5, 0.6) is 0 Å². The van der Waals surface area contributed by atoms with Crippen molar-refractivity contribution in [3.8, 4) is 0 Å². The Morgan fingerprint density at radius 1 is 1.10 bits per heavy atom. The van der Waals surface area contributed by atoms with Crippen LogP contribution in [0.25, 0.3) is 0 Å². The fraction of sp³-hybridized carbons (Fsp3) is 0.400. The number of nitrogens with zero attached hydrogens (tertiary/aromatic N) is 2. The van der Waals surface area contributed by atoms with Gasteiger partial charge in [-0.15, -0.1) is 0 Å². The molecule has 1 aromatic heterocycles. The van der Waals surface area contributed by atoms with Crippen molar-refractivity contribution in [3.63, 3.8) is 0 Å². The van der Waals surface area contributed by atoms with Crippen LogP contribution >= 0.6 is 0 Å². The summed E-state index contributed by atoms with van der Waals surface area (Å²) in [5.74, 6) is -1.36. The third-order valence-corrected chi connectivity index (χ3v) is 4.94. The van der Waals surface area contributed by atoms with Gasteiger partial charge in [0.1, 0.15) is 5.82 Å². The van der Waals surface area contributed by atoms with Gasteiger partial charge in [-0.3, -0.25) is 0 Å². The first-order valence-electron chi connectivity index (χ1n) is 9.42. The zero-order valence-electron chi connectivity index (χ0n) is 16.2. The first-order valence-corrected chi connectivity index (χ1v) is 9.42. The molecular weight excluding hydrogens is 429 g/mol. The van der Waals surface area contributed by atoms with E-state index in [0.29, 0.717) is 18.2 Å². The topological polar surface area (TPSA) is 49.8 Å². The number of benzene rings is 1. The summed E-state index contributed by atoms with van der Waals surface area (Å²) in [7, 11) is 0. The summed E-state index contributed by atoms with van der Waals surface area (Å²) in [6.45, 7) is 4.35. The van der Waals surface area contributed by atoms with Crippen LogP contribution in [0.4, 0.5) is 42.4 Å². The van der Waals surface area contributed by atoms with Gasteiger partial charge in [0.15, 0.2) is 5.69 Å². The van der Waals surface area contributed by atoms with Crippen molar-refractivity contribution in [1.29, 1.82) is 0 Å². The van der Waals surface area contributed by atoms with Crippen LogP contribution in [0.2, 0.25) is 0 Å². The minimum absolute atomic E-state index is 0.188. The molecule has 1 aromatic carbocycles. The maximum atomic E-state index is 13.5. The lowest BCUT2D eigenvalue weighted by Crippen LogP contribution is -2.27. The van der Waals surface area contributed by atoms with E-state index in [9.17, 15) is 30.7 Å². The number of hydrogen-bond donors (Lipinski definition) is 2. The fourth-order valence-corrected chi connectivity index (χ4v) is 3.10. The van der Waals surface area contributed by atoms with Crippen molar-refractivity contribution < 1.29 is 30.7 Å². The van der Waals surface area contributed by atoms with Gasteiger partial charge in [-0.25, -0.2) is 14.4 Å². The van der Waals surface area contributed by atoms with Gasteiger partial charge >= 0.3 is 12.4 Å². The van der Waals surface area contributed by atoms with Crippen molar-refractivity contribution in [2.45, 2.75) is 38.0 Å². The van der Waals surface area contributed by atoms with E-state index in [2.05, 4.69) is 27.2 Å². The Labute approximate surface area is 173 Å². The Balaban J connectivity index is 1.83. The lowest BCUT2D eigenvalue weighted by Gasteiger charge is -2.26. The molecule has 0 unspecified atom stereocenters. The molecule has 3 rings (SSSR count). The Kier molecular flexibility index (Phi) is 6.42. The van der Waals surface area contributed by atoms with Crippen LogP contribution in [-0.2, 0) is 18.8 Å². The molecule has 0 radical (unpaired) electrons. The molecule has 0 spiro atoms. The number of halogens is 7. The third kappa shape index (κ3) is 5.86. The Morgan fingerprint density at radius 3 is 2.39 bits per heavy atom. The van der Waals surface area contributed by atoms with Gasteiger partial charge in [0, 0.05) is 30.4 Å². The Hall–Kier alpha value is -2.85. The molecule has 1 heterocycles. The van der Waals surface area contributed by atoms with E-state index in [1.165, 1.54) is 0 Å². The monoisotopic (exact) mass is 448 g/mol. The van der Waals surface area contributed by atoms with Gasteiger partial charge in [-0.2, -0.15) is 26.3 Å². The molecule has 2 N–H and O–H groups in total. The number of aromatic nitrogens is 2. The second-order valence-electron chi connectivity index (χ2n) is 7.34. The maximum absolute atomic E-state index is 13.5. The molecule has 1 aliphatic rings. The van der Waals surface area contributed by atoms with Gasteiger partial charge < -0.3 is 10.6 Å². The van der Waals surface area contributed by atoms with Crippen LogP contribution in [0.15, 0.2) is 36.7 Å². The summed E-state index contributed by atoms with van der Waals surface area (Å²) >= 11 is 0. The highest BCUT2D eigenvalue weighted by molar-refractivity contribution is 5.59. The van der Waals surface area contributed by atoms with Crippen LogP contribution in [-0.4, -0.2) is 16.5 Å². The summed E-state index contributed by atoms with van der Waals surface area (Å²) in [6, 6.07) is 1.74. The van der Waals surface area contributed by atoms with Crippen LogP contribution < -0.4 is 10.6 Å². The minimum Gasteiger partial charge on any atom is -0.388 e. The lowest BCUT2D eigenvalue weighted by molar-refractivity contribution is -0.142. The Bertz CT molecular complexity index is 950. The number of hydrogen-bond acceptors (Lipinski definition) is 4. The average Bonchev–Trinajstić information content (AvgIpc) is 2.61. The van der Waals surface area contributed by atoms with E-state index in [4.69, 9.17) is 0 Å². The molecule has 0 aliphatic heterocycles. The molecule has 0 amide bonds. The highest BCUT2D eigenvalue weighted by Gasteiger charge is 2.37. The molecule has 0 atom stereocenters. The summed E-state index contributed by atoms with van der Waals surface area (Å²) < 4.78 is 93.2. The lowest BCUT2D eigenvalue weighted by atomic mass is 9.85. The molecule has 4 nitrogen and oxygen atoms in total. The van der Waals surface area contributed by atoms with Crippen molar-refractivity contribution in [2.24, 2.45) is 5.92 Å². The van der Waals surface area contributed by atoms with Crippen molar-refractivity contribution in [2.75, 3.05) is 11.9 Å². The maximum Gasteiger partial charge on any atom is 0.433 e. The summed E-state index contributed by atoms with van der Waals surface area (Å²) in [5, 5.41) is 5.11.